The van der Waals surface area contributed by atoms with Crippen LogP contribution in [0.15, 0.2) is 12.7 Å². The molecule has 0 unspecified atom stereocenters. The molecule has 3 heteroatoms. The summed E-state index contributed by atoms with van der Waals surface area (Å²) in [6.07, 6.45) is 5.87. The van der Waals surface area contributed by atoms with E-state index in [0.717, 1.165) is 13.0 Å². The van der Waals surface area contributed by atoms with Crippen LogP contribution in [0.4, 0.5) is 0 Å². The van der Waals surface area contributed by atoms with Gasteiger partial charge in [0, 0.05) is 17.8 Å². The van der Waals surface area contributed by atoms with Gasteiger partial charge in [0.05, 0.1) is 0 Å². The number of hydrogen-bond acceptors (Lipinski definition) is 2. The van der Waals surface area contributed by atoms with E-state index < -0.39 is 0 Å². The van der Waals surface area contributed by atoms with Crippen molar-refractivity contribution >= 4 is 17.7 Å². The molecule has 74 valence electrons. The average molecular weight is 199 g/mol. The fraction of sp³-hybridized carbons (Fsp3) is 0.700. The van der Waals surface area contributed by atoms with Crippen LogP contribution in [0.1, 0.15) is 19.8 Å². The van der Waals surface area contributed by atoms with Crippen molar-refractivity contribution < 1.29 is 4.79 Å². The summed E-state index contributed by atoms with van der Waals surface area (Å²) in [7, 11) is 0. The Balaban J connectivity index is 2.59. The standard InChI is InChI=1S/C10H17NOS/c1-4-10(12)11-7-9(13-3)6-5-8(11)2/h4,8-9H,1,5-7H2,2-3H3/t8-,9+/m0/s1. The van der Waals surface area contributed by atoms with Crippen LogP contribution in [0.3, 0.4) is 0 Å². The second-order valence-electron chi connectivity index (χ2n) is 3.48. The minimum atomic E-state index is 0.0752. The zero-order chi connectivity index (χ0) is 9.84. The highest BCUT2D eigenvalue weighted by Gasteiger charge is 2.26. The van der Waals surface area contributed by atoms with Crippen molar-refractivity contribution in [2.24, 2.45) is 0 Å². The maximum Gasteiger partial charge on any atom is 0.246 e. The third-order valence-corrected chi connectivity index (χ3v) is 3.68. The van der Waals surface area contributed by atoms with E-state index in [2.05, 4.69) is 19.8 Å². The molecule has 0 radical (unpaired) electrons. The monoisotopic (exact) mass is 199 g/mol. The Kier molecular flexibility index (Phi) is 3.85. The molecule has 1 heterocycles. The Morgan fingerprint density at radius 2 is 2.31 bits per heavy atom. The highest BCUT2D eigenvalue weighted by atomic mass is 32.2. The molecule has 1 rings (SSSR count). The quantitative estimate of drug-likeness (QED) is 0.633. The molecule has 0 aromatic rings. The van der Waals surface area contributed by atoms with Crippen LogP contribution >= 0.6 is 11.8 Å². The van der Waals surface area contributed by atoms with E-state index in [9.17, 15) is 4.79 Å². The number of carbonyl (C=O) groups is 1. The number of carbonyl (C=O) groups excluding carboxylic acids is 1. The lowest BCUT2D eigenvalue weighted by molar-refractivity contribution is -0.128. The average Bonchev–Trinajstić information content (AvgIpc) is 2.17. The van der Waals surface area contributed by atoms with Crippen LogP contribution in [-0.2, 0) is 4.79 Å². The SMILES string of the molecule is C=CC(=O)N1C[C@H](SC)CC[C@@H]1C. The van der Waals surface area contributed by atoms with Crippen molar-refractivity contribution in [1.82, 2.24) is 4.90 Å². The van der Waals surface area contributed by atoms with Crippen LogP contribution in [0, 0.1) is 0 Å². The fourth-order valence-corrected chi connectivity index (χ4v) is 2.37. The van der Waals surface area contributed by atoms with E-state index >= 15 is 0 Å². The van der Waals surface area contributed by atoms with E-state index in [1.54, 1.807) is 0 Å². The second kappa shape index (κ2) is 4.70. The Bertz CT molecular complexity index is 205. The van der Waals surface area contributed by atoms with Crippen molar-refractivity contribution in [3.8, 4) is 0 Å². The molecule has 0 aliphatic carbocycles. The van der Waals surface area contributed by atoms with Crippen molar-refractivity contribution in [2.45, 2.75) is 31.1 Å². The maximum absolute atomic E-state index is 11.4. The van der Waals surface area contributed by atoms with E-state index in [1.165, 1.54) is 12.5 Å². The Hall–Kier alpha value is -0.440. The van der Waals surface area contributed by atoms with Crippen molar-refractivity contribution in [3.05, 3.63) is 12.7 Å². The van der Waals surface area contributed by atoms with Crippen molar-refractivity contribution in [1.29, 1.82) is 0 Å². The molecule has 0 spiro atoms. The number of nitrogens with zero attached hydrogens (tertiary/aromatic N) is 1. The summed E-state index contributed by atoms with van der Waals surface area (Å²) in [5, 5.41) is 0.611. The molecule has 2 nitrogen and oxygen atoms in total. The molecule has 1 fully saturated rings. The van der Waals surface area contributed by atoms with E-state index in [0.29, 0.717) is 11.3 Å². The van der Waals surface area contributed by atoms with Crippen molar-refractivity contribution in [2.75, 3.05) is 12.8 Å². The normalized spacial score (nSPS) is 28.6. The topological polar surface area (TPSA) is 20.3 Å². The van der Waals surface area contributed by atoms with Gasteiger partial charge in [-0.1, -0.05) is 6.58 Å². The van der Waals surface area contributed by atoms with Gasteiger partial charge >= 0.3 is 0 Å². The van der Waals surface area contributed by atoms with Gasteiger partial charge in [-0.25, -0.2) is 0 Å². The van der Waals surface area contributed by atoms with E-state index in [1.807, 2.05) is 16.7 Å². The highest BCUT2D eigenvalue weighted by Crippen LogP contribution is 2.24. The first-order chi connectivity index (χ1) is 6.19. The van der Waals surface area contributed by atoms with Crippen LogP contribution in [0.5, 0.6) is 0 Å². The zero-order valence-corrected chi connectivity index (χ0v) is 9.14. The molecule has 0 saturated carbocycles. The van der Waals surface area contributed by atoms with Gasteiger partial charge in [0.1, 0.15) is 0 Å². The van der Waals surface area contributed by atoms with Crippen molar-refractivity contribution in [3.63, 3.8) is 0 Å². The third-order valence-electron chi connectivity index (χ3n) is 2.63. The van der Waals surface area contributed by atoms with Gasteiger partial charge in [-0.15, -0.1) is 0 Å². The van der Waals surface area contributed by atoms with Gasteiger partial charge in [-0.2, -0.15) is 11.8 Å². The number of thioether (sulfide) groups is 1. The molecule has 1 saturated heterocycles. The smallest absolute Gasteiger partial charge is 0.246 e. The van der Waals surface area contributed by atoms with Crippen LogP contribution in [0.2, 0.25) is 0 Å². The van der Waals surface area contributed by atoms with Gasteiger partial charge in [0.2, 0.25) is 5.91 Å². The molecule has 0 bridgehead atoms. The van der Waals surface area contributed by atoms with Gasteiger partial charge < -0.3 is 4.90 Å². The summed E-state index contributed by atoms with van der Waals surface area (Å²) in [4.78, 5) is 13.4. The van der Waals surface area contributed by atoms with Crippen LogP contribution in [-0.4, -0.2) is 34.9 Å². The number of likely N-dealkylation sites (tertiary alicyclic amines) is 1. The molecule has 0 aromatic heterocycles. The lowest BCUT2D eigenvalue weighted by Crippen LogP contribution is -2.45. The zero-order valence-electron chi connectivity index (χ0n) is 8.32. The Morgan fingerprint density at radius 1 is 1.62 bits per heavy atom. The first-order valence-electron chi connectivity index (χ1n) is 4.65. The predicted molar refractivity (Wildman–Crippen MR) is 57.9 cm³/mol. The summed E-state index contributed by atoms with van der Waals surface area (Å²) < 4.78 is 0. The maximum atomic E-state index is 11.4. The molecule has 0 N–H and O–H groups in total. The Labute approximate surface area is 84.4 Å². The number of piperidine rings is 1. The minimum absolute atomic E-state index is 0.0752. The molecular weight excluding hydrogens is 182 g/mol. The number of rotatable bonds is 2. The molecule has 0 aromatic carbocycles. The highest BCUT2D eigenvalue weighted by molar-refractivity contribution is 7.99. The van der Waals surface area contributed by atoms with Gasteiger partial charge in [-0.05, 0) is 32.1 Å². The first-order valence-corrected chi connectivity index (χ1v) is 5.93. The summed E-state index contributed by atoms with van der Waals surface area (Å²) >= 11 is 1.85. The minimum Gasteiger partial charge on any atom is -0.335 e. The molecule has 1 aliphatic heterocycles. The lowest BCUT2D eigenvalue weighted by atomic mass is 10.0. The summed E-state index contributed by atoms with van der Waals surface area (Å²) in [5.74, 6) is 0.0752. The van der Waals surface area contributed by atoms with E-state index in [4.69, 9.17) is 0 Å². The molecule has 1 amide bonds. The molecular formula is C10H17NOS. The molecule has 1 aliphatic rings. The summed E-state index contributed by atoms with van der Waals surface area (Å²) in [6.45, 7) is 6.51. The van der Waals surface area contributed by atoms with Crippen LogP contribution in [0.25, 0.3) is 0 Å². The Morgan fingerprint density at radius 3 is 2.85 bits per heavy atom. The summed E-state index contributed by atoms with van der Waals surface area (Å²) in [5.41, 5.74) is 0. The van der Waals surface area contributed by atoms with E-state index in [-0.39, 0.29) is 5.91 Å². The van der Waals surface area contributed by atoms with Gasteiger partial charge in [0.25, 0.3) is 0 Å². The number of hydrogen-bond donors (Lipinski definition) is 0. The predicted octanol–water partition coefficient (Wildman–Crippen LogP) is 1.91. The summed E-state index contributed by atoms with van der Waals surface area (Å²) in [6, 6.07) is 0.383. The second-order valence-corrected chi connectivity index (χ2v) is 4.62. The fourth-order valence-electron chi connectivity index (χ4n) is 1.69. The van der Waals surface area contributed by atoms with Crippen LogP contribution < -0.4 is 0 Å². The van der Waals surface area contributed by atoms with Gasteiger partial charge in [-0.3, -0.25) is 4.79 Å². The molecule has 13 heavy (non-hydrogen) atoms. The number of amides is 1. The largest absolute Gasteiger partial charge is 0.335 e. The lowest BCUT2D eigenvalue weighted by Gasteiger charge is -2.36. The third kappa shape index (κ3) is 2.50. The van der Waals surface area contributed by atoms with Gasteiger partial charge in [0.15, 0.2) is 0 Å². The molecule has 2 atom stereocenters. The first kappa shape index (κ1) is 10.6.